The molecule has 1 aliphatic heterocycles. The molecule has 1 aliphatic rings. The molecule has 94 valence electrons. The van der Waals surface area contributed by atoms with Crippen molar-refractivity contribution in [2.45, 2.75) is 19.4 Å². The van der Waals surface area contributed by atoms with Crippen LogP contribution in [0, 0.1) is 11.7 Å². The van der Waals surface area contributed by atoms with Crippen LogP contribution >= 0.6 is 0 Å². The summed E-state index contributed by atoms with van der Waals surface area (Å²) in [6.07, 6.45) is 2.56. The Kier molecular flexibility index (Phi) is 4.51. The van der Waals surface area contributed by atoms with E-state index in [1.165, 1.54) is 18.9 Å². The second-order valence-corrected chi connectivity index (χ2v) is 4.93. The predicted octanol–water partition coefficient (Wildman–Crippen LogP) is 2.26. The summed E-state index contributed by atoms with van der Waals surface area (Å²) >= 11 is 0. The molecule has 1 atom stereocenters. The first kappa shape index (κ1) is 12.5. The van der Waals surface area contributed by atoms with E-state index in [1.807, 2.05) is 13.1 Å². The molecule has 0 amide bonds. The first-order valence-electron chi connectivity index (χ1n) is 6.39. The molecule has 1 saturated heterocycles. The Labute approximate surface area is 103 Å². The van der Waals surface area contributed by atoms with E-state index >= 15 is 0 Å². The molecule has 17 heavy (non-hydrogen) atoms. The molecule has 3 heteroatoms. The number of halogens is 1. The van der Waals surface area contributed by atoms with E-state index in [2.05, 4.69) is 10.2 Å². The zero-order chi connectivity index (χ0) is 12.1. The Morgan fingerprint density at radius 1 is 1.47 bits per heavy atom. The molecule has 1 fully saturated rings. The highest BCUT2D eigenvalue weighted by atomic mass is 19.1. The van der Waals surface area contributed by atoms with Crippen molar-refractivity contribution in [1.82, 2.24) is 10.2 Å². The van der Waals surface area contributed by atoms with Crippen LogP contribution in [0.2, 0.25) is 0 Å². The largest absolute Gasteiger partial charge is 0.319 e. The molecule has 0 bridgehead atoms. The van der Waals surface area contributed by atoms with E-state index in [4.69, 9.17) is 0 Å². The fourth-order valence-electron chi connectivity index (χ4n) is 2.64. The molecule has 1 N–H and O–H groups in total. The lowest BCUT2D eigenvalue weighted by atomic mass is 9.97. The average molecular weight is 236 g/mol. The van der Waals surface area contributed by atoms with Crippen molar-refractivity contribution in [2.24, 2.45) is 5.92 Å². The number of piperidine rings is 1. The quantitative estimate of drug-likeness (QED) is 0.862. The van der Waals surface area contributed by atoms with Crippen molar-refractivity contribution in [1.29, 1.82) is 0 Å². The minimum Gasteiger partial charge on any atom is -0.319 e. The highest BCUT2D eigenvalue weighted by Gasteiger charge is 2.19. The van der Waals surface area contributed by atoms with Gasteiger partial charge >= 0.3 is 0 Å². The Hall–Kier alpha value is -0.930. The molecule has 1 unspecified atom stereocenters. The van der Waals surface area contributed by atoms with E-state index in [0.29, 0.717) is 0 Å². The molecule has 0 saturated carbocycles. The lowest BCUT2D eigenvalue weighted by Crippen LogP contribution is -2.38. The summed E-state index contributed by atoms with van der Waals surface area (Å²) in [5, 5.41) is 3.24. The molecule has 1 aromatic rings. The van der Waals surface area contributed by atoms with E-state index in [-0.39, 0.29) is 5.82 Å². The van der Waals surface area contributed by atoms with Gasteiger partial charge in [0.05, 0.1) is 0 Å². The maximum atomic E-state index is 13.1. The van der Waals surface area contributed by atoms with E-state index in [0.717, 1.165) is 37.7 Å². The fourth-order valence-corrected chi connectivity index (χ4v) is 2.64. The minimum absolute atomic E-state index is 0.133. The summed E-state index contributed by atoms with van der Waals surface area (Å²) in [6, 6.07) is 6.94. The lowest BCUT2D eigenvalue weighted by Gasteiger charge is -2.32. The third-order valence-corrected chi connectivity index (χ3v) is 3.39. The third-order valence-electron chi connectivity index (χ3n) is 3.39. The van der Waals surface area contributed by atoms with Crippen LogP contribution in [0.15, 0.2) is 24.3 Å². The Balaban J connectivity index is 1.90. The molecule has 0 radical (unpaired) electrons. The van der Waals surface area contributed by atoms with Gasteiger partial charge in [0.2, 0.25) is 0 Å². The molecular weight excluding hydrogens is 215 g/mol. The smallest absolute Gasteiger partial charge is 0.123 e. The number of hydrogen-bond donors (Lipinski definition) is 1. The van der Waals surface area contributed by atoms with Gasteiger partial charge in [0.1, 0.15) is 5.82 Å². The standard InChI is InChI=1S/C14H21FN2/c1-16-9-13-5-3-7-17(11-13)10-12-4-2-6-14(15)8-12/h2,4,6,8,13,16H,3,5,7,9-11H2,1H3. The monoisotopic (exact) mass is 236 g/mol. The normalized spacial score (nSPS) is 21.6. The minimum atomic E-state index is -0.133. The zero-order valence-corrected chi connectivity index (χ0v) is 10.5. The number of hydrogen-bond acceptors (Lipinski definition) is 2. The van der Waals surface area contributed by atoms with Crippen molar-refractivity contribution in [3.63, 3.8) is 0 Å². The maximum absolute atomic E-state index is 13.1. The van der Waals surface area contributed by atoms with Gasteiger partial charge in [-0.3, -0.25) is 4.90 Å². The van der Waals surface area contributed by atoms with E-state index in [9.17, 15) is 4.39 Å². The predicted molar refractivity (Wildman–Crippen MR) is 68.3 cm³/mol. The highest BCUT2D eigenvalue weighted by Crippen LogP contribution is 2.18. The number of rotatable bonds is 4. The SMILES string of the molecule is CNCC1CCCN(Cc2cccc(F)c2)C1. The number of nitrogens with one attached hydrogen (secondary N) is 1. The van der Waals surface area contributed by atoms with Crippen LogP contribution in [-0.4, -0.2) is 31.6 Å². The van der Waals surface area contributed by atoms with Crippen LogP contribution < -0.4 is 5.32 Å². The van der Waals surface area contributed by atoms with Crippen LogP contribution in [-0.2, 0) is 6.54 Å². The number of benzene rings is 1. The van der Waals surface area contributed by atoms with Gasteiger partial charge in [0.25, 0.3) is 0 Å². The summed E-state index contributed by atoms with van der Waals surface area (Å²) in [5.74, 6) is 0.605. The second-order valence-electron chi connectivity index (χ2n) is 4.93. The molecule has 2 nitrogen and oxygen atoms in total. The van der Waals surface area contributed by atoms with E-state index < -0.39 is 0 Å². The Morgan fingerprint density at radius 3 is 3.12 bits per heavy atom. The van der Waals surface area contributed by atoms with Crippen molar-refractivity contribution in [3.05, 3.63) is 35.6 Å². The van der Waals surface area contributed by atoms with Crippen LogP contribution in [0.4, 0.5) is 4.39 Å². The molecule has 0 aliphatic carbocycles. The van der Waals surface area contributed by atoms with Crippen LogP contribution in [0.25, 0.3) is 0 Å². The first-order chi connectivity index (χ1) is 8.28. The maximum Gasteiger partial charge on any atom is 0.123 e. The third kappa shape index (κ3) is 3.79. The lowest BCUT2D eigenvalue weighted by molar-refractivity contribution is 0.166. The van der Waals surface area contributed by atoms with Crippen LogP contribution in [0.3, 0.4) is 0 Å². The Bertz CT molecular complexity index is 352. The average Bonchev–Trinajstić information content (AvgIpc) is 2.30. The van der Waals surface area contributed by atoms with Gasteiger partial charge in [-0.1, -0.05) is 12.1 Å². The summed E-state index contributed by atoms with van der Waals surface area (Å²) in [5.41, 5.74) is 1.08. The van der Waals surface area contributed by atoms with Gasteiger partial charge in [-0.05, 0) is 56.6 Å². The molecule has 1 heterocycles. The van der Waals surface area contributed by atoms with Crippen LogP contribution in [0.5, 0.6) is 0 Å². The summed E-state index contributed by atoms with van der Waals surface area (Å²) in [6.45, 7) is 4.21. The first-order valence-corrected chi connectivity index (χ1v) is 6.39. The topological polar surface area (TPSA) is 15.3 Å². The van der Waals surface area contributed by atoms with Gasteiger partial charge < -0.3 is 5.32 Å². The summed E-state index contributed by atoms with van der Waals surface area (Å²) in [7, 11) is 2.01. The van der Waals surface area contributed by atoms with Crippen molar-refractivity contribution < 1.29 is 4.39 Å². The van der Waals surface area contributed by atoms with Gasteiger partial charge in [0, 0.05) is 13.1 Å². The van der Waals surface area contributed by atoms with Crippen LogP contribution in [0.1, 0.15) is 18.4 Å². The molecule has 1 aromatic carbocycles. The fraction of sp³-hybridized carbons (Fsp3) is 0.571. The molecular formula is C14H21FN2. The molecule has 2 rings (SSSR count). The Morgan fingerprint density at radius 2 is 2.35 bits per heavy atom. The van der Waals surface area contributed by atoms with Gasteiger partial charge in [-0.2, -0.15) is 0 Å². The summed E-state index contributed by atoms with van der Waals surface area (Å²) < 4.78 is 13.1. The molecule has 0 spiro atoms. The van der Waals surface area contributed by atoms with E-state index in [1.54, 1.807) is 12.1 Å². The van der Waals surface area contributed by atoms with Crippen molar-refractivity contribution in [3.8, 4) is 0 Å². The van der Waals surface area contributed by atoms with Crippen molar-refractivity contribution >= 4 is 0 Å². The van der Waals surface area contributed by atoms with Gasteiger partial charge in [0.15, 0.2) is 0 Å². The summed E-state index contributed by atoms with van der Waals surface area (Å²) in [4.78, 5) is 2.43. The zero-order valence-electron chi connectivity index (χ0n) is 10.5. The highest BCUT2D eigenvalue weighted by molar-refractivity contribution is 5.16. The van der Waals surface area contributed by atoms with Gasteiger partial charge in [-0.15, -0.1) is 0 Å². The van der Waals surface area contributed by atoms with Gasteiger partial charge in [-0.25, -0.2) is 4.39 Å². The van der Waals surface area contributed by atoms with Crippen molar-refractivity contribution in [2.75, 3.05) is 26.7 Å². The molecule has 0 aromatic heterocycles. The number of nitrogens with zero attached hydrogens (tertiary/aromatic N) is 1. The number of likely N-dealkylation sites (tertiary alicyclic amines) is 1. The second kappa shape index (κ2) is 6.12.